The molecule has 0 aromatic rings. The molecule has 18 heavy (non-hydrogen) atoms. The first kappa shape index (κ1) is 18.6. The summed E-state index contributed by atoms with van der Waals surface area (Å²) in [5.74, 6) is 0. The van der Waals surface area contributed by atoms with Gasteiger partial charge in [-0.1, -0.05) is 39.3 Å². The highest BCUT2D eigenvalue weighted by atomic mass is 28.4. The standard InChI is InChI=1S/C13H35NOSi3/c1-10-15-18(8,9)13-11-12-14(16(2,3)4)17(5,6)7/h10-13H2,1-9H3. The third-order valence-corrected chi connectivity index (χ3v) is 13.7. The fraction of sp³-hybridized carbons (Fsp3) is 1.00. The summed E-state index contributed by atoms with van der Waals surface area (Å²) in [4.78, 5) is 0. The van der Waals surface area contributed by atoms with Crippen molar-refractivity contribution in [3.8, 4) is 0 Å². The second-order valence-electron chi connectivity index (χ2n) is 7.79. The van der Waals surface area contributed by atoms with Crippen molar-refractivity contribution in [3.63, 3.8) is 0 Å². The van der Waals surface area contributed by atoms with Gasteiger partial charge in [0.25, 0.3) is 0 Å². The van der Waals surface area contributed by atoms with Gasteiger partial charge >= 0.3 is 0 Å². The van der Waals surface area contributed by atoms with Crippen LogP contribution in [0.15, 0.2) is 0 Å². The van der Waals surface area contributed by atoms with Crippen molar-refractivity contribution in [3.05, 3.63) is 0 Å². The highest BCUT2D eigenvalue weighted by Gasteiger charge is 2.34. The van der Waals surface area contributed by atoms with E-state index < -0.39 is 24.8 Å². The highest BCUT2D eigenvalue weighted by Crippen LogP contribution is 2.22. The van der Waals surface area contributed by atoms with Gasteiger partial charge in [0.15, 0.2) is 8.32 Å². The molecule has 5 heteroatoms. The van der Waals surface area contributed by atoms with Crippen molar-refractivity contribution in [2.45, 2.75) is 71.8 Å². The molecule has 0 aromatic heterocycles. The van der Waals surface area contributed by atoms with E-state index >= 15 is 0 Å². The Bertz CT molecular complexity index is 230. The molecule has 0 saturated heterocycles. The van der Waals surface area contributed by atoms with Crippen LogP contribution in [0.3, 0.4) is 0 Å². The largest absolute Gasteiger partial charge is 0.418 e. The lowest BCUT2D eigenvalue weighted by Gasteiger charge is -2.44. The summed E-state index contributed by atoms with van der Waals surface area (Å²) >= 11 is 0. The molecule has 0 amide bonds. The molecule has 0 aliphatic heterocycles. The number of hydrogen-bond donors (Lipinski definition) is 0. The van der Waals surface area contributed by atoms with Crippen LogP contribution in [-0.4, -0.2) is 42.2 Å². The van der Waals surface area contributed by atoms with Crippen LogP contribution in [0, 0.1) is 0 Å². The average molecular weight is 306 g/mol. The van der Waals surface area contributed by atoms with Gasteiger partial charge in [-0.2, -0.15) is 0 Å². The molecule has 0 aromatic carbocycles. The van der Waals surface area contributed by atoms with Gasteiger partial charge in [0.05, 0.1) is 0 Å². The summed E-state index contributed by atoms with van der Waals surface area (Å²) in [6.45, 7) is 23.9. The van der Waals surface area contributed by atoms with Gasteiger partial charge in [0, 0.05) is 6.61 Å². The SMILES string of the molecule is CCO[Si](C)(C)CCCN([Si](C)(C)C)[Si](C)(C)C. The fourth-order valence-corrected chi connectivity index (χ4v) is 14.4. The molecule has 0 aliphatic carbocycles. The maximum absolute atomic E-state index is 5.93. The minimum Gasteiger partial charge on any atom is -0.418 e. The lowest BCUT2D eigenvalue weighted by atomic mass is 10.5. The molecule has 0 heterocycles. The summed E-state index contributed by atoms with van der Waals surface area (Å²) in [5.41, 5.74) is 0. The molecule has 0 fully saturated rings. The second kappa shape index (κ2) is 6.83. The summed E-state index contributed by atoms with van der Waals surface area (Å²) in [5, 5.41) is 0. The topological polar surface area (TPSA) is 12.5 Å². The average Bonchev–Trinajstić information content (AvgIpc) is 2.07. The zero-order valence-electron chi connectivity index (χ0n) is 14.2. The van der Waals surface area contributed by atoms with Gasteiger partial charge in [-0.3, -0.25) is 0 Å². The van der Waals surface area contributed by atoms with Crippen LogP contribution >= 0.6 is 0 Å². The predicted molar refractivity (Wildman–Crippen MR) is 91.9 cm³/mol. The predicted octanol–water partition coefficient (Wildman–Crippen LogP) is 4.59. The van der Waals surface area contributed by atoms with Gasteiger partial charge < -0.3 is 8.66 Å². The fourth-order valence-electron chi connectivity index (χ4n) is 2.80. The zero-order chi connectivity index (χ0) is 14.6. The van der Waals surface area contributed by atoms with E-state index in [9.17, 15) is 0 Å². The van der Waals surface area contributed by atoms with E-state index in [1.807, 2.05) is 0 Å². The summed E-state index contributed by atoms with van der Waals surface area (Å²) in [7, 11) is -3.72. The Morgan fingerprint density at radius 3 is 1.61 bits per heavy atom. The summed E-state index contributed by atoms with van der Waals surface area (Å²) < 4.78 is 8.81. The van der Waals surface area contributed by atoms with Crippen LogP contribution in [0.25, 0.3) is 0 Å². The first-order valence-electron chi connectivity index (χ1n) is 7.32. The summed E-state index contributed by atoms with van der Waals surface area (Å²) in [6, 6.07) is 1.30. The molecule has 0 rings (SSSR count). The van der Waals surface area contributed by atoms with Gasteiger partial charge in [-0.25, -0.2) is 0 Å². The molecule has 110 valence electrons. The Hall–Kier alpha value is 0.571. The quantitative estimate of drug-likeness (QED) is 0.608. The van der Waals surface area contributed by atoms with Crippen molar-refractivity contribution in [2.75, 3.05) is 13.2 Å². The van der Waals surface area contributed by atoms with E-state index in [2.05, 4.69) is 63.5 Å². The third kappa shape index (κ3) is 7.23. The maximum Gasteiger partial charge on any atom is 0.186 e. The minimum atomic E-state index is -1.38. The van der Waals surface area contributed by atoms with E-state index in [0.29, 0.717) is 0 Å². The molecule has 0 saturated carbocycles. The van der Waals surface area contributed by atoms with Crippen LogP contribution in [0.1, 0.15) is 13.3 Å². The smallest absolute Gasteiger partial charge is 0.186 e. The second-order valence-corrected chi connectivity index (χ2v) is 22.3. The summed E-state index contributed by atoms with van der Waals surface area (Å²) in [6.07, 6.45) is 1.31. The first-order chi connectivity index (χ1) is 7.90. The molecule has 0 atom stereocenters. The van der Waals surface area contributed by atoms with Crippen molar-refractivity contribution >= 4 is 24.8 Å². The van der Waals surface area contributed by atoms with E-state index in [4.69, 9.17) is 4.43 Å². The lowest BCUT2D eigenvalue weighted by molar-refractivity contribution is 0.327. The van der Waals surface area contributed by atoms with E-state index in [0.717, 1.165) is 6.61 Å². The monoisotopic (exact) mass is 305 g/mol. The van der Waals surface area contributed by atoms with Crippen LogP contribution in [0.5, 0.6) is 0 Å². The van der Waals surface area contributed by atoms with E-state index in [1.165, 1.54) is 19.0 Å². The van der Waals surface area contributed by atoms with Crippen LogP contribution in [-0.2, 0) is 4.43 Å². The molecule has 0 N–H and O–H groups in total. The van der Waals surface area contributed by atoms with Crippen molar-refractivity contribution < 1.29 is 4.43 Å². The van der Waals surface area contributed by atoms with E-state index in [-0.39, 0.29) is 0 Å². The normalized spacial score (nSPS) is 14.3. The molecule has 0 unspecified atom stereocenters. The number of hydrogen-bond acceptors (Lipinski definition) is 2. The van der Waals surface area contributed by atoms with Crippen molar-refractivity contribution in [1.82, 2.24) is 4.23 Å². The van der Waals surface area contributed by atoms with Gasteiger partial charge in [0.1, 0.15) is 16.5 Å². The molecule has 0 spiro atoms. The molecule has 0 radical (unpaired) electrons. The third-order valence-electron chi connectivity index (χ3n) is 3.32. The van der Waals surface area contributed by atoms with Crippen molar-refractivity contribution in [1.29, 1.82) is 0 Å². The van der Waals surface area contributed by atoms with Crippen LogP contribution in [0.4, 0.5) is 0 Å². The number of nitrogens with zero attached hydrogens (tertiary/aromatic N) is 1. The Morgan fingerprint density at radius 2 is 1.28 bits per heavy atom. The van der Waals surface area contributed by atoms with Crippen LogP contribution < -0.4 is 0 Å². The van der Waals surface area contributed by atoms with E-state index in [1.54, 1.807) is 0 Å². The molecular weight excluding hydrogens is 270 g/mol. The van der Waals surface area contributed by atoms with Gasteiger partial charge in [0.2, 0.25) is 0 Å². The Kier molecular flexibility index (Phi) is 7.05. The van der Waals surface area contributed by atoms with Crippen molar-refractivity contribution in [2.24, 2.45) is 0 Å². The first-order valence-corrected chi connectivity index (χ1v) is 17.3. The lowest BCUT2D eigenvalue weighted by Crippen LogP contribution is -2.59. The van der Waals surface area contributed by atoms with Crippen LogP contribution in [0.2, 0.25) is 58.4 Å². The van der Waals surface area contributed by atoms with Gasteiger partial charge in [-0.15, -0.1) is 0 Å². The molecule has 2 nitrogen and oxygen atoms in total. The Balaban J connectivity index is 4.39. The molecule has 0 aliphatic rings. The number of rotatable bonds is 8. The molecule has 0 bridgehead atoms. The molecular formula is C13H35NOSi3. The zero-order valence-corrected chi connectivity index (χ0v) is 17.2. The minimum absolute atomic E-state index is 0.880. The maximum atomic E-state index is 5.93. The van der Waals surface area contributed by atoms with Gasteiger partial charge in [-0.05, 0) is 39.0 Å². The highest BCUT2D eigenvalue weighted by molar-refractivity contribution is 6.89. The Labute approximate surface area is 118 Å². The Morgan fingerprint density at radius 1 is 0.833 bits per heavy atom.